The molecule has 0 aromatic carbocycles. The summed E-state index contributed by atoms with van der Waals surface area (Å²) in [6.07, 6.45) is 4.76. The first-order valence-corrected chi connectivity index (χ1v) is 8.90. The van der Waals surface area contributed by atoms with E-state index in [0.29, 0.717) is 24.3 Å². The van der Waals surface area contributed by atoms with Gasteiger partial charge in [0, 0.05) is 50.1 Å². The summed E-state index contributed by atoms with van der Waals surface area (Å²) >= 11 is 1.89. The van der Waals surface area contributed by atoms with Crippen LogP contribution in [0.15, 0.2) is 0 Å². The number of amides is 1. The van der Waals surface area contributed by atoms with Crippen molar-refractivity contribution in [2.45, 2.75) is 43.4 Å². The van der Waals surface area contributed by atoms with Crippen LogP contribution in [-0.2, 0) is 14.3 Å². The third-order valence-corrected chi connectivity index (χ3v) is 5.17. The highest BCUT2D eigenvalue weighted by atomic mass is 32.2. The van der Waals surface area contributed by atoms with Gasteiger partial charge in [-0.15, -0.1) is 0 Å². The van der Waals surface area contributed by atoms with Crippen LogP contribution in [0.1, 0.15) is 33.1 Å². The molecule has 1 aliphatic rings. The van der Waals surface area contributed by atoms with Crippen LogP contribution < -0.4 is 16.8 Å². The molecule has 0 aliphatic carbocycles. The fourth-order valence-electron chi connectivity index (χ4n) is 1.92. The maximum absolute atomic E-state index is 11.1. The van der Waals surface area contributed by atoms with Gasteiger partial charge in [0.05, 0.1) is 6.61 Å². The van der Waals surface area contributed by atoms with E-state index in [-0.39, 0.29) is 11.4 Å². The van der Waals surface area contributed by atoms with E-state index < -0.39 is 0 Å². The predicted molar refractivity (Wildman–Crippen MR) is 93.1 cm³/mol. The van der Waals surface area contributed by atoms with Crippen molar-refractivity contribution < 1.29 is 14.3 Å². The van der Waals surface area contributed by atoms with Crippen LogP contribution in [0.5, 0.6) is 0 Å². The first-order chi connectivity index (χ1) is 10.3. The summed E-state index contributed by atoms with van der Waals surface area (Å²) in [6, 6.07) is 0. The molecule has 0 saturated carbocycles. The number of hydrogen-bond acceptors (Lipinski definition) is 6. The number of nitrogens with one attached hydrogen (secondary N) is 1. The van der Waals surface area contributed by atoms with Crippen LogP contribution >= 0.6 is 11.8 Å². The molecular weight excluding hydrogens is 302 g/mol. The number of carbonyl (C=O) groups is 1. The van der Waals surface area contributed by atoms with Crippen molar-refractivity contribution in [2.24, 2.45) is 11.5 Å². The fraction of sp³-hybridized carbons (Fsp3) is 0.933. The van der Waals surface area contributed by atoms with Gasteiger partial charge in [0.1, 0.15) is 0 Å². The highest BCUT2D eigenvalue weighted by molar-refractivity contribution is 8.00. The summed E-state index contributed by atoms with van der Waals surface area (Å²) in [7, 11) is 1.57. The Balaban J connectivity index is 0.000000406. The molecular formula is C15H33N3O3S. The van der Waals surface area contributed by atoms with Crippen LogP contribution in [0, 0.1) is 0 Å². The summed E-state index contributed by atoms with van der Waals surface area (Å²) in [5.74, 6) is -0.0210. The molecule has 1 heterocycles. The molecule has 0 spiro atoms. The third-order valence-electron chi connectivity index (χ3n) is 3.73. The second kappa shape index (κ2) is 11.2. The minimum atomic E-state index is -0.315. The van der Waals surface area contributed by atoms with E-state index in [9.17, 15) is 4.79 Å². The predicted octanol–water partition coefficient (Wildman–Crippen LogP) is 0.734. The third kappa shape index (κ3) is 8.95. The number of nitrogens with two attached hydrogens (primary N) is 2. The van der Waals surface area contributed by atoms with E-state index in [0.717, 1.165) is 32.6 Å². The molecule has 1 aliphatic heterocycles. The number of methoxy groups -OCH3 is 1. The van der Waals surface area contributed by atoms with Crippen LogP contribution in [-0.4, -0.2) is 62.5 Å². The topological polar surface area (TPSA) is 99.6 Å². The second-order valence-electron chi connectivity index (χ2n) is 6.08. The molecule has 0 atom stereocenters. The highest BCUT2D eigenvalue weighted by Gasteiger charge is 2.29. The molecule has 1 saturated heterocycles. The smallest absolute Gasteiger partial charge is 0.222 e. The van der Waals surface area contributed by atoms with Crippen molar-refractivity contribution in [3.63, 3.8) is 0 Å². The minimum absolute atomic E-state index is 0.0210. The lowest BCUT2D eigenvalue weighted by atomic mass is 9.99. The number of carbonyl (C=O) groups excluding carboxylic acids is 1. The van der Waals surface area contributed by atoms with Crippen molar-refractivity contribution in [2.75, 3.05) is 46.3 Å². The molecule has 1 rings (SSSR count). The monoisotopic (exact) mass is 335 g/mol. The van der Waals surface area contributed by atoms with Crippen LogP contribution in [0.2, 0.25) is 0 Å². The van der Waals surface area contributed by atoms with Gasteiger partial charge in [-0.2, -0.15) is 11.8 Å². The Morgan fingerprint density at radius 2 is 1.95 bits per heavy atom. The molecule has 0 radical (unpaired) electrons. The van der Waals surface area contributed by atoms with Crippen molar-refractivity contribution >= 4 is 17.7 Å². The number of rotatable bonds is 7. The van der Waals surface area contributed by atoms with Crippen LogP contribution in [0.3, 0.4) is 0 Å². The molecule has 0 bridgehead atoms. The normalized spacial score (nSPS) is 17.4. The van der Waals surface area contributed by atoms with Gasteiger partial charge in [-0.25, -0.2) is 0 Å². The minimum Gasteiger partial charge on any atom is -0.384 e. The summed E-state index contributed by atoms with van der Waals surface area (Å²) in [5.41, 5.74) is 10.8. The molecule has 1 fully saturated rings. The van der Waals surface area contributed by atoms with Gasteiger partial charge in [0.2, 0.25) is 5.91 Å². The van der Waals surface area contributed by atoms with E-state index >= 15 is 0 Å². The lowest BCUT2D eigenvalue weighted by Gasteiger charge is -2.34. The lowest BCUT2D eigenvalue weighted by Crippen LogP contribution is -2.49. The Morgan fingerprint density at radius 1 is 1.36 bits per heavy atom. The summed E-state index contributed by atoms with van der Waals surface area (Å²) in [4.78, 5) is 11.1. The maximum Gasteiger partial charge on any atom is 0.222 e. The van der Waals surface area contributed by atoms with Crippen molar-refractivity contribution in [3.8, 4) is 0 Å². The molecule has 1 amide bonds. The van der Waals surface area contributed by atoms with E-state index in [2.05, 4.69) is 11.6 Å². The Bertz CT molecular complexity index is 302. The van der Waals surface area contributed by atoms with Crippen LogP contribution in [0.4, 0.5) is 0 Å². The Morgan fingerprint density at radius 3 is 2.32 bits per heavy atom. The van der Waals surface area contributed by atoms with Crippen molar-refractivity contribution in [3.05, 3.63) is 0 Å². The molecule has 5 N–H and O–H groups in total. The quantitative estimate of drug-likeness (QED) is 0.634. The van der Waals surface area contributed by atoms with Gasteiger partial charge in [-0.05, 0) is 32.9 Å². The van der Waals surface area contributed by atoms with Gasteiger partial charge in [-0.1, -0.05) is 0 Å². The summed E-state index contributed by atoms with van der Waals surface area (Å²) in [6.45, 7) is 7.22. The molecule has 0 aromatic heterocycles. The van der Waals surface area contributed by atoms with E-state index in [1.807, 2.05) is 25.6 Å². The Labute approximate surface area is 139 Å². The molecule has 7 heteroatoms. The Hall–Kier alpha value is -0.340. The molecule has 6 nitrogen and oxygen atoms in total. The zero-order valence-corrected chi connectivity index (χ0v) is 15.3. The van der Waals surface area contributed by atoms with Gasteiger partial charge < -0.3 is 26.3 Å². The van der Waals surface area contributed by atoms with Gasteiger partial charge in [0.25, 0.3) is 0 Å². The average molecular weight is 336 g/mol. The Kier molecular flexibility index (Phi) is 11.1. The maximum atomic E-state index is 11.1. The molecule has 0 unspecified atom stereocenters. The average Bonchev–Trinajstić information content (AvgIpc) is 2.53. The van der Waals surface area contributed by atoms with E-state index in [4.69, 9.17) is 20.9 Å². The first kappa shape index (κ1) is 21.7. The van der Waals surface area contributed by atoms with Gasteiger partial charge in [0.15, 0.2) is 0 Å². The lowest BCUT2D eigenvalue weighted by molar-refractivity contribution is -0.123. The zero-order chi connectivity index (χ0) is 17.1. The second-order valence-corrected chi connectivity index (χ2v) is 7.36. The summed E-state index contributed by atoms with van der Waals surface area (Å²) < 4.78 is 10.4. The molecule has 0 aromatic rings. The fourth-order valence-corrected chi connectivity index (χ4v) is 2.66. The highest BCUT2D eigenvalue weighted by Crippen LogP contribution is 2.32. The number of thioether (sulfide) groups is 1. The molecule has 132 valence electrons. The van der Waals surface area contributed by atoms with Gasteiger partial charge >= 0.3 is 0 Å². The number of ether oxygens (including phenoxy) is 2. The van der Waals surface area contributed by atoms with E-state index in [1.54, 1.807) is 7.11 Å². The number of hydrogen-bond donors (Lipinski definition) is 3. The summed E-state index contributed by atoms with van der Waals surface area (Å²) in [5, 5.41) is 2.80. The SMILES string of the molecule is COCCC(=O)NC(C)(C)CN.CSC1(CN)CCOCC1. The van der Waals surface area contributed by atoms with Crippen LogP contribution in [0.25, 0.3) is 0 Å². The zero-order valence-electron chi connectivity index (χ0n) is 14.4. The van der Waals surface area contributed by atoms with Crippen molar-refractivity contribution in [1.82, 2.24) is 5.32 Å². The largest absolute Gasteiger partial charge is 0.384 e. The van der Waals surface area contributed by atoms with Gasteiger partial charge in [-0.3, -0.25) is 4.79 Å². The first-order valence-electron chi connectivity index (χ1n) is 7.68. The molecule has 22 heavy (non-hydrogen) atoms. The van der Waals surface area contributed by atoms with E-state index in [1.165, 1.54) is 0 Å². The standard InChI is InChI=1S/C8H18N2O2.C7H15NOS/c1-8(2,6-9)10-7(11)4-5-12-3;1-10-7(6-8)2-4-9-5-3-7/h4-6,9H2,1-3H3,(H,10,11);2-6,8H2,1H3. The van der Waals surface area contributed by atoms with Crippen molar-refractivity contribution in [1.29, 1.82) is 0 Å².